The van der Waals surface area contributed by atoms with Gasteiger partial charge in [0.1, 0.15) is 6.10 Å². The van der Waals surface area contributed by atoms with E-state index in [4.69, 9.17) is 4.74 Å². The number of hydrogen-bond acceptors (Lipinski definition) is 4. The average molecular weight is 344 g/mol. The lowest BCUT2D eigenvalue weighted by atomic mass is 9.96. The number of hydrogen-bond donors (Lipinski definition) is 0. The SMILES string of the molecule is Cc1cc(C)c(C(=O)CN2CCN(C(=O)C3CCCO3)CC2)c(C)c1. The van der Waals surface area contributed by atoms with Crippen molar-refractivity contribution >= 4 is 11.7 Å². The fourth-order valence-electron chi connectivity index (χ4n) is 4.00. The first-order chi connectivity index (χ1) is 12.0. The zero-order valence-corrected chi connectivity index (χ0v) is 15.5. The summed E-state index contributed by atoms with van der Waals surface area (Å²) < 4.78 is 5.49. The van der Waals surface area contributed by atoms with Gasteiger partial charge in [-0.25, -0.2) is 0 Å². The molecular weight excluding hydrogens is 316 g/mol. The predicted molar refractivity (Wildman–Crippen MR) is 97.0 cm³/mol. The summed E-state index contributed by atoms with van der Waals surface area (Å²) in [7, 11) is 0. The number of rotatable bonds is 4. The summed E-state index contributed by atoms with van der Waals surface area (Å²) in [6.45, 7) is 10.0. The van der Waals surface area contributed by atoms with Gasteiger partial charge in [-0.2, -0.15) is 0 Å². The first-order valence-electron chi connectivity index (χ1n) is 9.19. The Morgan fingerprint density at radius 1 is 1.08 bits per heavy atom. The van der Waals surface area contributed by atoms with Crippen molar-refractivity contribution < 1.29 is 14.3 Å². The van der Waals surface area contributed by atoms with Crippen molar-refractivity contribution in [2.24, 2.45) is 0 Å². The maximum absolute atomic E-state index is 12.7. The van der Waals surface area contributed by atoms with E-state index in [-0.39, 0.29) is 17.8 Å². The standard InChI is InChI=1S/C20H28N2O3/c1-14-11-15(2)19(16(3)12-14)17(23)13-21-6-8-22(9-7-21)20(24)18-5-4-10-25-18/h11-12,18H,4-10,13H2,1-3H3. The molecule has 0 radical (unpaired) electrons. The molecule has 0 spiro atoms. The number of aryl methyl sites for hydroxylation is 3. The van der Waals surface area contributed by atoms with Gasteiger partial charge in [-0.05, 0) is 44.7 Å². The Labute approximate surface area is 149 Å². The van der Waals surface area contributed by atoms with E-state index < -0.39 is 0 Å². The van der Waals surface area contributed by atoms with Gasteiger partial charge in [0, 0.05) is 38.3 Å². The Morgan fingerprint density at radius 2 is 1.72 bits per heavy atom. The Morgan fingerprint density at radius 3 is 2.28 bits per heavy atom. The van der Waals surface area contributed by atoms with Crippen LogP contribution in [0.15, 0.2) is 12.1 Å². The van der Waals surface area contributed by atoms with Gasteiger partial charge in [0.15, 0.2) is 5.78 Å². The molecule has 0 aliphatic carbocycles. The van der Waals surface area contributed by atoms with Crippen molar-refractivity contribution in [3.63, 3.8) is 0 Å². The first-order valence-corrected chi connectivity index (χ1v) is 9.19. The predicted octanol–water partition coefficient (Wildman–Crippen LogP) is 2.12. The second-order valence-corrected chi connectivity index (χ2v) is 7.30. The molecule has 2 heterocycles. The van der Waals surface area contributed by atoms with Crippen LogP contribution in [0.3, 0.4) is 0 Å². The summed E-state index contributed by atoms with van der Waals surface area (Å²) in [5, 5.41) is 0. The van der Waals surface area contributed by atoms with E-state index in [1.807, 2.05) is 18.7 Å². The van der Waals surface area contributed by atoms with E-state index in [1.165, 1.54) is 5.56 Å². The second-order valence-electron chi connectivity index (χ2n) is 7.30. The van der Waals surface area contributed by atoms with Gasteiger partial charge in [0.2, 0.25) is 0 Å². The minimum atomic E-state index is -0.244. The molecule has 0 N–H and O–H groups in total. The summed E-state index contributed by atoms with van der Waals surface area (Å²) in [5.41, 5.74) is 4.14. The maximum atomic E-state index is 12.7. The molecule has 1 atom stereocenters. The smallest absolute Gasteiger partial charge is 0.251 e. The summed E-state index contributed by atoms with van der Waals surface area (Å²) in [6.07, 6.45) is 1.56. The topological polar surface area (TPSA) is 49.9 Å². The minimum absolute atomic E-state index is 0.119. The van der Waals surface area contributed by atoms with Crippen molar-refractivity contribution in [3.8, 4) is 0 Å². The largest absolute Gasteiger partial charge is 0.368 e. The minimum Gasteiger partial charge on any atom is -0.368 e. The normalized spacial score (nSPS) is 21.6. The van der Waals surface area contributed by atoms with Crippen LogP contribution in [0.2, 0.25) is 0 Å². The fraction of sp³-hybridized carbons (Fsp3) is 0.600. The lowest BCUT2D eigenvalue weighted by molar-refractivity contribution is -0.142. The van der Waals surface area contributed by atoms with Crippen LogP contribution in [0.1, 0.15) is 39.9 Å². The average Bonchev–Trinajstić information content (AvgIpc) is 3.08. The molecule has 1 unspecified atom stereocenters. The first kappa shape index (κ1) is 18.1. The number of carbonyl (C=O) groups excluding carboxylic acids is 2. The van der Waals surface area contributed by atoms with Crippen molar-refractivity contribution in [2.75, 3.05) is 39.3 Å². The molecule has 5 nitrogen and oxygen atoms in total. The van der Waals surface area contributed by atoms with Crippen molar-refractivity contribution in [1.29, 1.82) is 0 Å². The van der Waals surface area contributed by atoms with Crippen LogP contribution in [0.5, 0.6) is 0 Å². The second kappa shape index (κ2) is 7.67. The summed E-state index contributed by atoms with van der Waals surface area (Å²) in [5.74, 6) is 0.294. The highest BCUT2D eigenvalue weighted by atomic mass is 16.5. The fourth-order valence-corrected chi connectivity index (χ4v) is 4.00. The molecule has 0 aromatic heterocycles. The van der Waals surface area contributed by atoms with Gasteiger partial charge >= 0.3 is 0 Å². The zero-order chi connectivity index (χ0) is 18.0. The van der Waals surface area contributed by atoms with Crippen LogP contribution in [0.4, 0.5) is 0 Å². The highest BCUT2D eigenvalue weighted by molar-refractivity contribution is 6.00. The summed E-state index contributed by atoms with van der Waals surface area (Å²) >= 11 is 0. The maximum Gasteiger partial charge on any atom is 0.251 e. The number of benzene rings is 1. The Hall–Kier alpha value is -1.72. The number of piperazine rings is 1. The molecule has 0 bridgehead atoms. The van der Waals surface area contributed by atoms with Crippen LogP contribution < -0.4 is 0 Å². The molecule has 136 valence electrons. The quantitative estimate of drug-likeness (QED) is 0.785. The van der Waals surface area contributed by atoms with Gasteiger partial charge in [0.05, 0.1) is 6.54 Å². The number of Topliss-reactive ketones (excluding diaryl/α,β-unsaturated/α-hetero) is 1. The van der Waals surface area contributed by atoms with Crippen molar-refractivity contribution in [2.45, 2.75) is 39.7 Å². The van der Waals surface area contributed by atoms with Crippen molar-refractivity contribution in [1.82, 2.24) is 9.80 Å². The third kappa shape index (κ3) is 4.10. The van der Waals surface area contributed by atoms with Crippen LogP contribution in [-0.2, 0) is 9.53 Å². The molecule has 2 fully saturated rings. The van der Waals surface area contributed by atoms with E-state index in [0.29, 0.717) is 26.2 Å². The van der Waals surface area contributed by atoms with Crippen LogP contribution in [0, 0.1) is 20.8 Å². The molecule has 1 amide bonds. The molecule has 5 heteroatoms. The summed E-state index contributed by atoms with van der Waals surface area (Å²) in [6, 6.07) is 4.14. The molecule has 25 heavy (non-hydrogen) atoms. The Balaban J connectivity index is 1.55. The number of ketones is 1. The van der Waals surface area contributed by atoms with E-state index in [9.17, 15) is 9.59 Å². The van der Waals surface area contributed by atoms with Crippen LogP contribution in [-0.4, -0.2) is 66.9 Å². The van der Waals surface area contributed by atoms with Crippen LogP contribution in [0.25, 0.3) is 0 Å². The van der Waals surface area contributed by atoms with Gasteiger partial charge in [0.25, 0.3) is 5.91 Å². The molecule has 3 rings (SSSR count). The molecule has 2 aliphatic rings. The van der Waals surface area contributed by atoms with E-state index >= 15 is 0 Å². The number of ether oxygens (including phenoxy) is 1. The van der Waals surface area contributed by atoms with E-state index in [2.05, 4.69) is 24.0 Å². The van der Waals surface area contributed by atoms with Gasteiger partial charge in [-0.15, -0.1) is 0 Å². The third-order valence-electron chi connectivity index (χ3n) is 5.21. The van der Waals surface area contributed by atoms with Crippen LogP contribution >= 0.6 is 0 Å². The summed E-state index contributed by atoms with van der Waals surface area (Å²) in [4.78, 5) is 29.2. The molecule has 0 saturated carbocycles. The van der Waals surface area contributed by atoms with E-state index in [0.717, 1.165) is 42.6 Å². The Kier molecular flexibility index (Phi) is 5.54. The lowest BCUT2D eigenvalue weighted by Crippen LogP contribution is -2.52. The van der Waals surface area contributed by atoms with E-state index in [1.54, 1.807) is 0 Å². The monoisotopic (exact) mass is 344 g/mol. The third-order valence-corrected chi connectivity index (χ3v) is 5.21. The number of nitrogens with zero attached hydrogens (tertiary/aromatic N) is 2. The van der Waals surface area contributed by atoms with Gasteiger partial charge < -0.3 is 9.64 Å². The highest BCUT2D eigenvalue weighted by Crippen LogP contribution is 2.19. The molecule has 1 aromatic rings. The molecule has 1 aromatic carbocycles. The number of carbonyl (C=O) groups is 2. The Bertz CT molecular complexity index is 634. The molecular formula is C20H28N2O3. The van der Waals surface area contributed by atoms with Crippen molar-refractivity contribution in [3.05, 3.63) is 34.4 Å². The molecule has 2 saturated heterocycles. The van der Waals surface area contributed by atoms with Gasteiger partial charge in [-0.1, -0.05) is 17.7 Å². The highest BCUT2D eigenvalue weighted by Gasteiger charge is 2.30. The number of amides is 1. The zero-order valence-electron chi connectivity index (χ0n) is 15.5. The molecule has 2 aliphatic heterocycles. The lowest BCUT2D eigenvalue weighted by Gasteiger charge is -2.35. The van der Waals surface area contributed by atoms with Gasteiger partial charge in [-0.3, -0.25) is 14.5 Å².